The molecule has 1 aliphatic rings. The first kappa shape index (κ1) is 12.2. The lowest BCUT2D eigenvalue weighted by Gasteiger charge is -2.27. The molecule has 5 nitrogen and oxygen atoms in total. The Morgan fingerprint density at radius 3 is 3.14 bits per heavy atom. The summed E-state index contributed by atoms with van der Waals surface area (Å²) in [5.41, 5.74) is 3.13. The maximum Gasteiger partial charge on any atom is 0.143 e. The van der Waals surface area contributed by atoms with E-state index in [0.717, 1.165) is 41.3 Å². The molecule has 3 aromatic rings. The van der Waals surface area contributed by atoms with Gasteiger partial charge in [-0.1, -0.05) is 18.2 Å². The van der Waals surface area contributed by atoms with Crippen LogP contribution in [0.5, 0.6) is 5.75 Å². The van der Waals surface area contributed by atoms with E-state index < -0.39 is 0 Å². The summed E-state index contributed by atoms with van der Waals surface area (Å²) in [5, 5.41) is 4.57. The lowest BCUT2D eigenvalue weighted by molar-refractivity contribution is 0.274. The van der Waals surface area contributed by atoms with Gasteiger partial charge in [0.1, 0.15) is 23.5 Å². The summed E-state index contributed by atoms with van der Waals surface area (Å²) in [7, 11) is 0. The van der Waals surface area contributed by atoms with E-state index in [1.165, 1.54) is 5.56 Å². The van der Waals surface area contributed by atoms with E-state index in [0.29, 0.717) is 0 Å². The number of aromatic amines is 1. The minimum absolute atomic E-state index is 0.211. The topological polar surface area (TPSA) is 62.8 Å². The molecule has 1 aliphatic heterocycles. The number of aryl methyl sites for hydroxylation is 1. The van der Waals surface area contributed by atoms with Crippen LogP contribution in [-0.2, 0) is 0 Å². The van der Waals surface area contributed by atoms with Crippen molar-refractivity contribution < 1.29 is 4.74 Å². The molecule has 4 rings (SSSR count). The first-order valence-electron chi connectivity index (χ1n) is 7.10. The molecule has 1 aromatic carbocycles. The van der Waals surface area contributed by atoms with E-state index in [4.69, 9.17) is 4.74 Å². The molecule has 0 aliphatic carbocycles. The lowest BCUT2D eigenvalue weighted by atomic mass is 10.0. The second kappa shape index (κ2) is 4.77. The van der Waals surface area contributed by atoms with Crippen molar-refractivity contribution in [3.8, 4) is 5.75 Å². The first-order chi connectivity index (χ1) is 10.3. The van der Waals surface area contributed by atoms with Crippen molar-refractivity contribution in [3.05, 3.63) is 47.9 Å². The van der Waals surface area contributed by atoms with Crippen LogP contribution in [-0.4, -0.2) is 21.6 Å². The lowest BCUT2D eigenvalue weighted by Crippen LogP contribution is -2.20. The normalized spacial score (nSPS) is 17.3. The fourth-order valence-corrected chi connectivity index (χ4v) is 2.84. The van der Waals surface area contributed by atoms with Crippen LogP contribution in [0.4, 0.5) is 5.82 Å². The van der Waals surface area contributed by atoms with Crippen molar-refractivity contribution >= 4 is 16.9 Å². The molecule has 21 heavy (non-hydrogen) atoms. The molecule has 2 N–H and O–H groups in total. The Morgan fingerprint density at radius 1 is 1.29 bits per heavy atom. The summed E-state index contributed by atoms with van der Waals surface area (Å²) >= 11 is 0. The van der Waals surface area contributed by atoms with E-state index >= 15 is 0 Å². The van der Waals surface area contributed by atoms with Crippen LogP contribution >= 0.6 is 0 Å². The van der Waals surface area contributed by atoms with Gasteiger partial charge in [-0.2, -0.15) is 0 Å². The van der Waals surface area contributed by atoms with Gasteiger partial charge >= 0.3 is 0 Å². The molecule has 0 saturated carbocycles. The van der Waals surface area contributed by atoms with Gasteiger partial charge in [0.25, 0.3) is 0 Å². The van der Waals surface area contributed by atoms with Crippen LogP contribution in [0.3, 0.4) is 0 Å². The third-order valence-corrected chi connectivity index (χ3v) is 3.83. The molecule has 0 amide bonds. The Kier molecular flexibility index (Phi) is 2.77. The Balaban J connectivity index is 1.73. The van der Waals surface area contributed by atoms with Gasteiger partial charge < -0.3 is 15.0 Å². The minimum atomic E-state index is 0.211. The molecular formula is C16H16N4O. The van der Waals surface area contributed by atoms with Gasteiger partial charge in [0.2, 0.25) is 0 Å². The first-order valence-corrected chi connectivity index (χ1v) is 7.10. The zero-order valence-corrected chi connectivity index (χ0v) is 11.8. The summed E-state index contributed by atoms with van der Waals surface area (Å²) in [6.45, 7) is 2.74. The van der Waals surface area contributed by atoms with Crippen molar-refractivity contribution in [2.75, 3.05) is 11.9 Å². The fraction of sp³-hybridized carbons (Fsp3) is 0.250. The third kappa shape index (κ3) is 2.11. The monoisotopic (exact) mass is 280 g/mol. The number of nitrogens with zero attached hydrogens (tertiary/aromatic N) is 2. The molecule has 1 atom stereocenters. The number of para-hydroxylation sites is 1. The van der Waals surface area contributed by atoms with E-state index in [2.05, 4.69) is 32.4 Å². The molecule has 3 heterocycles. The summed E-state index contributed by atoms with van der Waals surface area (Å²) in [6.07, 6.45) is 2.51. The molecule has 0 unspecified atom stereocenters. The van der Waals surface area contributed by atoms with E-state index in [1.54, 1.807) is 6.33 Å². The van der Waals surface area contributed by atoms with Crippen molar-refractivity contribution in [1.29, 1.82) is 0 Å². The highest BCUT2D eigenvalue weighted by Crippen LogP contribution is 2.34. The second-order valence-corrected chi connectivity index (χ2v) is 5.31. The molecule has 0 spiro atoms. The number of benzene rings is 1. The predicted octanol–water partition coefficient (Wildman–Crippen LogP) is 3.20. The molecule has 5 heteroatoms. The van der Waals surface area contributed by atoms with Crippen LogP contribution in [0.1, 0.15) is 23.7 Å². The average molecular weight is 280 g/mol. The molecule has 2 aromatic heterocycles. The summed E-state index contributed by atoms with van der Waals surface area (Å²) in [5.74, 6) is 1.82. The third-order valence-electron chi connectivity index (χ3n) is 3.83. The smallest absolute Gasteiger partial charge is 0.143 e. The Labute approximate surface area is 122 Å². The molecule has 0 fully saturated rings. The number of rotatable bonds is 2. The van der Waals surface area contributed by atoms with Crippen molar-refractivity contribution in [1.82, 2.24) is 15.0 Å². The van der Waals surface area contributed by atoms with Crippen molar-refractivity contribution in [3.63, 3.8) is 0 Å². The maximum atomic E-state index is 5.70. The predicted molar refractivity (Wildman–Crippen MR) is 81.5 cm³/mol. The van der Waals surface area contributed by atoms with Crippen LogP contribution in [0, 0.1) is 6.92 Å². The number of ether oxygens (including phenoxy) is 1. The molecule has 0 saturated heterocycles. The van der Waals surface area contributed by atoms with Gasteiger partial charge in [-0.15, -0.1) is 0 Å². The van der Waals surface area contributed by atoms with Gasteiger partial charge in [0.05, 0.1) is 18.0 Å². The van der Waals surface area contributed by atoms with Gasteiger partial charge in [0, 0.05) is 17.7 Å². The number of hydrogen-bond donors (Lipinski definition) is 2. The summed E-state index contributed by atoms with van der Waals surface area (Å²) in [4.78, 5) is 11.9. The van der Waals surface area contributed by atoms with E-state index in [9.17, 15) is 0 Å². The Bertz CT molecular complexity index is 796. The Hall–Kier alpha value is -2.56. The van der Waals surface area contributed by atoms with Gasteiger partial charge in [-0.3, -0.25) is 0 Å². The van der Waals surface area contributed by atoms with Gasteiger partial charge in [-0.05, 0) is 19.1 Å². The zero-order valence-electron chi connectivity index (χ0n) is 11.8. The fourth-order valence-electron chi connectivity index (χ4n) is 2.84. The highest BCUT2D eigenvalue weighted by atomic mass is 16.5. The number of nitrogens with one attached hydrogen (secondary N) is 2. The van der Waals surface area contributed by atoms with E-state index in [1.807, 2.05) is 25.1 Å². The standard InChI is InChI=1S/C16H16N4O/c1-10-8-12-15(19-10)17-9-18-16(12)20-13-6-7-21-14-5-3-2-4-11(13)14/h2-5,8-9,13H,6-7H2,1H3,(H2,17,18,19,20)/t13-/m0/s1. The number of aromatic nitrogens is 3. The minimum Gasteiger partial charge on any atom is -0.493 e. The Morgan fingerprint density at radius 2 is 2.19 bits per heavy atom. The van der Waals surface area contributed by atoms with Crippen LogP contribution in [0.25, 0.3) is 11.0 Å². The van der Waals surface area contributed by atoms with Crippen LogP contribution < -0.4 is 10.1 Å². The molecular weight excluding hydrogens is 264 g/mol. The van der Waals surface area contributed by atoms with Gasteiger partial charge in [-0.25, -0.2) is 9.97 Å². The summed E-state index contributed by atoms with van der Waals surface area (Å²) in [6, 6.07) is 10.4. The number of H-pyrrole nitrogens is 1. The highest BCUT2D eigenvalue weighted by molar-refractivity contribution is 5.87. The quantitative estimate of drug-likeness (QED) is 0.756. The molecule has 0 radical (unpaired) electrons. The number of hydrogen-bond acceptors (Lipinski definition) is 4. The van der Waals surface area contributed by atoms with E-state index in [-0.39, 0.29) is 6.04 Å². The SMILES string of the molecule is Cc1cc2c(N[C@H]3CCOc4ccccc43)ncnc2[nH]1. The van der Waals surface area contributed by atoms with Crippen LogP contribution in [0.2, 0.25) is 0 Å². The highest BCUT2D eigenvalue weighted by Gasteiger charge is 2.22. The summed E-state index contributed by atoms with van der Waals surface area (Å²) < 4.78 is 5.70. The second-order valence-electron chi connectivity index (χ2n) is 5.31. The van der Waals surface area contributed by atoms with Gasteiger partial charge in [0.15, 0.2) is 0 Å². The van der Waals surface area contributed by atoms with Crippen LogP contribution in [0.15, 0.2) is 36.7 Å². The maximum absolute atomic E-state index is 5.70. The van der Waals surface area contributed by atoms with Crippen molar-refractivity contribution in [2.45, 2.75) is 19.4 Å². The number of anilines is 1. The average Bonchev–Trinajstić information content (AvgIpc) is 2.89. The van der Waals surface area contributed by atoms with Crippen molar-refractivity contribution in [2.24, 2.45) is 0 Å². The largest absolute Gasteiger partial charge is 0.493 e. The molecule has 0 bridgehead atoms. The molecule has 106 valence electrons. The zero-order chi connectivity index (χ0) is 14.2. The number of fused-ring (bicyclic) bond motifs is 2.